The molecule has 194 valence electrons. The first-order valence-electron chi connectivity index (χ1n) is 12.3. The number of aliphatic carboxylic acids is 2. The van der Waals surface area contributed by atoms with Gasteiger partial charge in [0.1, 0.15) is 0 Å². The average molecular weight is 467 g/mol. The van der Waals surface area contributed by atoms with Crippen molar-refractivity contribution in [2.24, 2.45) is 0 Å². The number of aliphatic hydroxyl groups excluding tert-OH is 2. The summed E-state index contributed by atoms with van der Waals surface area (Å²) in [4.78, 5) is 20.2. The van der Waals surface area contributed by atoms with Gasteiger partial charge in [0.05, 0.1) is 39.6 Å². The lowest BCUT2D eigenvalue weighted by Gasteiger charge is -2.01. The van der Waals surface area contributed by atoms with Gasteiger partial charge in [0.25, 0.3) is 0 Å². The van der Waals surface area contributed by atoms with Gasteiger partial charge in [0.2, 0.25) is 0 Å². The highest BCUT2D eigenvalue weighted by Gasteiger charge is 1.96. The molecule has 32 heavy (non-hydrogen) atoms. The number of aliphatic hydroxyl groups is 2. The second kappa shape index (κ2) is 34.4. The van der Waals surface area contributed by atoms with E-state index >= 15 is 0 Å². The van der Waals surface area contributed by atoms with Gasteiger partial charge in [-0.2, -0.15) is 0 Å². The molecular formula is C24H50O8. The van der Waals surface area contributed by atoms with E-state index in [1.807, 2.05) is 0 Å². The van der Waals surface area contributed by atoms with Crippen LogP contribution in [0.15, 0.2) is 0 Å². The molecule has 0 rings (SSSR count). The number of carboxylic acids is 2. The van der Waals surface area contributed by atoms with Crippen LogP contribution >= 0.6 is 0 Å². The molecule has 8 nitrogen and oxygen atoms in total. The molecule has 0 radical (unpaired) electrons. The predicted octanol–water partition coefficient (Wildman–Crippen LogP) is 4.65. The summed E-state index contributed by atoms with van der Waals surface area (Å²) < 4.78 is 9.75. The Morgan fingerprint density at radius 1 is 0.531 bits per heavy atom. The van der Waals surface area contributed by atoms with Crippen LogP contribution < -0.4 is 0 Å². The first kappa shape index (κ1) is 35.4. The van der Waals surface area contributed by atoms with E-state index in [1.54, 1.807) is 0 Å². The lowest BCUT2D eigenvalue weighted by atomic mass is 10.1. The van der Waals surface area contributed by atoms with Gasteiger partial charge in [-0.3, -0.25) is 9.59 Å². The highest BCUT2D eigenvalue weighted by Crippen LogP contribution is 2.08. The minimum Gasteiger partial charge on any atom is -0.481 e. The molecule has 0 amide bonds. The number of carbonyl (C=O) groups is 2. The molecule has 0 aromatic carbocycles. The second-order valence-electron chi connectivity index (χ2n) is 7.49. The van der Waals surface area contributed by atoms with Crippen molar-refractivity contribution in [3.8, 4) is 0 Å². The van der Waals surface area contributed by atoms with Crippen molar-refractivity contribution in [3.05, 3.63) is 0 Å². The van der Waals surface area contributed by atoms with Gasteiger partial charge < -0.3 is 29.9 Å². The summed E-state index contributed by atoms with van der Waals surface area (Å²) in [5, 5.41) is 33.2. The molecule has 0 heterocycles. The summed E-state index contributed by atoms with van der Waals surface area (Å²) >= 11 is 0. The topological polar surface area (TPSA) is 134 Å². The van der Waals surface area contributed by atoms with Crippen LogP contribution in [0.25, 0.3) is 0 Å². The molecule has 0 atom stereocenters. The summed E-state index contributed by atoms with van der Waals surface area (Å²) in [6.45, 7) is 6.08. The van der Waals surface area contributed by atoms with Crippen LogP contribution in [-0.4, -0.2) is 72.0 Å². The van der Waals surface area contributed by atoms with Crippen LogP contribution in [0.1, 0.15) is 104 Å². The first-order chi connectivity index (χ1) is 15.5. The lowest BCUT2D eigenvalue weighted by Crippen LogP contribution is -2.09. The Morgan fingerprint density at radius 2 is 0.844 bits per heavy atom. The molecule has 0 bridgehead atoms. The number of carboxylic acid groups (broad SMARTS) is 2. The fourth-order valence-corrected chi connectivity index (χ4v) is 2.56. The average Bonchev–Trinajstić information content (AvgIpc) is 2.76. The minimum absolute atomic E-state index is 0.0417. The fraction of sp³-hybridized carbons (Fsp3) is 0.917. The Hall–Kier alpha value is -1.22. The summed E-state index contributed by atoms with van der Waals surface area (Å²) in [5.41, 5.74) is 0. The van der Waals surface area contributed by atoms with E-state index in [1.165, 1.54) is 51.4 Å². The molecule has 0 aliphatic heterocycles. The minimum atomic E-state index is -0.670. The molecule has 0 unspecified atom stereocenters. The van der Waals surface area contributed by atoms with E-state index in [2.05, 4.69) is 13.8 Å². The van der Waals surface area contributed by atoms with Crippen LogP contribution in [0, 0.1) is 0 Å². The SMILES string of the molecule is CCCCCCCC(=O)O.CCCCCCCCCC(=O)O.OCCOCCOCCO. The van der Waals surface area contributed by atoms with E-state index in [-0.39, 0.29) is 13.2 Å². The van der Waals surface area contributed by atoms with Crippen LogP contribution in [0.4, 0.5) is 0 Å². The van der Waals surface area contributed by atoms with Crippen LogP contribution in [0.3, 0.4) is 0 Å². The quantitative estimate of drug-likeness (QED) is 0.180. The standard InChI is InChI=1S/C10H20O2.C8H16O2.C6H14O4/c1-2-3-4-5-6-7-8-9-10(11)12;1-2-3-4-5-6-7-8(9)10;7-1-3-9-5-6-10-4-2-8/h2-9H2,1H3,(H,11,12);2-7H2,1H3,(H,9,10);7-8H,1-6H2. The fourth-order valence-electron chi connectivity index (χ4n) is 2.56. The van der Waals surface area contributed by atoms with E-state index in [4.69, 9.17) is 29.9 Å². The number of hydrogen-bond donors (Lipinski definition) is 4. The van der Waals surface area contributed by atoms with Gasteiger partial charge in [-0.1, -0.05) is 78.1 Å². The van der Waals surface area contributed by atoms with Crippen molar-refractivity contribution in [2.75, 3.05) is 39.6 Å². The van der Waals surface area contributed by atoms with Crippen molar-refractivity contribution in [1.82, 2.24) is 0 Å². The van der Waals surface area contributed by atoms with Crippen LogP contribution in [-0.2, 0) is 19.1 Å². The van der Waals surface area contributed by atoms with Gasteiger partial charge >= 0.3 is 11.9 Å². The number of hydrogen-bond acceptors (Lipinski definition) is 6. The molecule has 4 N–H and O–H groups in total. The molecule has 0 aliphatic carbocycles. The zero-order valence-corrected chi connectivity index (χ0v) is 20.6. The highest BCUT2D eigenvalue weighted by atomic mass is 16.5. The maximum Gasteiger partial charge on any atom is 0.303 e. The zero-order valence-electron chi connectivity index (χ0n) is 20.6. The molecule has 0 saturated carbocycles. The van der Waals surface area contributed by atoms with Gasteiger partial charge in [-0.05, 0) is 12.8 Å². The third kappa shape index (κ3) is 46.8. The third-order valence-corrected chi connectivity index (χ3v) is 4.33. The number of ether oxygens (including phenoxy) is 2. The number of rotatable bonds is 21. The Kier molecular flexibility index (Phi) is 38.0. The summed E-state index contributed by atoms with van der Waals surface area (Å²) in [5.74, 6) is -1.33. The molecule has 0 spiro atoms. The van der Waals surface area contributed by atoms with Gasteiger partial charge in [0, 0.05) is 12.8 Å². The smallest absolute Gasteiger partial charge is 0.303 e. The largest absolute Gasteiger partial charge is 0.481 e. The van der Waals surface area contributed by atoms with Crippen molar-refractivity contribution < 1.29 is 39.5 Å². The van der Waals surface area contributed by atoms with Gasteiger partial charge in [0.15, 0.2) is 0 Å². The predicted molar refractivity (Wildman–Crippen MR) is 127 cm³/mol. The molecule has 0 aliphatic rings. The second-order valence-corrected chi connectivity index (χ2v) is 7.49. The monoisotopic (exact) mass is 466 g/mol. The lowest BCUT2D eigenvalue weighted by molar-refractivity contribution is -0.138. The normalized spacial score (nSPS) is 10.0. The van der Waals surface area contributed by atoms with Crippen LogP contribution in [0.5, 0.6) is 0 Å². The molecule has 0 fully saturated rings. The molecular weight excluding hydrogens is 416 g/mol. The highest BCUT2D eigenvalue weighted by molar-refractivity contribution is 5.66. The van der Waals surface area contributed by atoms with Crippen molar-refractivity contribution in [3.63, 3.8) is 0 Å². The molecule has 8 heteroatoms. The van der Waals surface area contributed by atoms with E-state index in [9.17, 15) is 9.59 Å². The van der Waals surface area contributed by atoms with Gasteiger partial charge in [-0.15, -0.1) is 0 Å². The van der Waals surface area contributed by atoms with Crippen molar-refractivity contribution in [1.29, 1.82) is 0 Å². The van der Waals surface area contributed by atoms with E-state index in [0.717, 1.165) is 25.7 Å². The Balaban J connectivity index is -0.000000397. The molecule has 0 aromatic rings. The number of unbranched alkanes of at least 4 members (excludes halogenated alkanes) is 10. The van der Waals surface area contributed by atoms with Gasteiger partial charge in [-0.25, -0.2) is 0 Å². The first-order valence-corrected chi connectivity index (χ1v) is 12.3. The Morgan fingerprint density at radius 3 is 1.12 bits per heavy atom. The van der Waals surface area contributed by atoms with E-state index in [0.29, 0.717) is 39.3 Å². The maximum atomic E-state index is 10.1. The van der Waals surface area contributed by atoms with Crippen LogP contribution in [0.2, 0.25) is 0 Å². The summed E-state index contributed by atoms with van der Waals surface area (Å²) in [6.07, 6.45) is 14.5. The Labute approximate surface area is 195 Å². The van der Waals surface area contributed by atoms with Crippen molar-refractivity contribution in [2.45, 2.75) is 104 Å². The maximum absolute atomic E-state index is 10.1. The molecule has 0 saturated heterocycles. The zero-order chi connectivity index (χ0) is 24.7. The molecule has 0 aromatic heterocycles. The summed E-state index contributed by atoms with van der Waals surface area (Å²) in [7, 11) is 0. The van der Waals surface area contributed by atoms with Crippen molar-refractivity contribution >= 4 is 11.9 Å². The summed E-state index contributed by atoms with van der Waals surface area (Å²) in [6, 6.07) is 0. The third-order valence-electron chi connectivity index (χ3n) is 4.33. The van der Waals surface area contributed by atoms with E-state index < -0.39 is 11.9 Å². The Bertz CT molecular complexity index is 356.